The monoisotopic (exact) mass is 425 g/mol. The minimum absolute atomic E-state index is 0.304. The average molecular weight is 425 g/mol. The molecule has 0 radical (unpaired) electrons. The quantitative estimate of drug-likeness (QED) is 0.428. The lowest BCUT2D eigenvalue weighted by molar-refractivity contribution is -0.137. The summed E-state index contributed by atoms with van der Waals surface area (Å²) < 4.78 is 49.5. The van der Waals surface area contributed by atoms with Crippen LogP contribution in [0.1, 0.15) is 11.3 Å². The van der Waals surface area contributed by atoms with Crippen LogP contribution in [0.3, 0.4) is 0 Å². The lowest BCUT2D eigenvalue weighted by Crippen LogP contribution is -2.04. The van der Waals surface area contributed by atoms with Crippen molar-refractivity contribution in [2.75, 3.05) is 7.11 Å². The highest BCUT2D eigenvalue weighted by molar-refractivity contribution is 5.67. The van der Waals surface area contributed by atoms with Gasteiger partial charge >= 0.3 is 6.18 Å². The Morgan fingerprint density at radius 1 is 0.903 bits per heavy atom. The molecule has 0 bridgehead atoms. The van der Waals surface area contributed by atoms with Crippen molar-refractivity contribution in [3.63, 3.8) is 0 Å². The summed E-state index contributed by atoms with van der Waals surface area (Å²) in [5.74, 6) is 1.58. The summed E-state index contributed by atoms with van der Waals surface area (Å²) >= 11 is 0. The zero-order chi connectivity index (χ0) is 21.8. The fraction of sp³-hybridized carbons (Fsp3) is 0.130. The number of H-pyrrole nitrogens is 1. The maximum Gasteiger partial charge on any atom is 0.416 e. The average Bonchev–Trinajstić information content (AvgIpc) is 3.28. The van der Waals surface area contributed by atoms with E-state index in [-0.39, 0.29) is 0 Å². The third-order valence-electron chi connectivity index (χ3n) is 4.64. The van der Waals surface area contributed by atoms with Crippen molar-refractivity contribution in [2.45, 2.75) is 12.8 Å². The van der Waals surface area contributed by atoms with Crippen molar-refractivity contribution in [1.29, 1.82) is 0 Å². The van der Waals surface area contributed by atoms with Gasteiger partial charge in [-0.2, -0.15) is 13.2 Å². The zero-order valence-corrected chi connectivity index (χ0v) is 16.5. The van der Waals surface area contributed by atoms with Gasteiger partial charge in [0.15, 0.2) is 11.5 Å². The largest absolute Gasteiger partial charge is 0.493 e. The topological polar surface area (TPSA) is 60.0 Å². The third kappa shape index (κ3) is 4.69. The van der Waals surface area contributed by atoms with Crippen LogP contribution in [0.5, 0.6) is 11.5 Å². The van der Waals surface area contributed by atoms with Gasteiger partial charge in [0.1, 0.15) is 12.4 Å². The number of aromatic nitrogens is 3. The molecule has 2 aromatic carbocycles. The van der Waals surface area contributed by atoms with E-state index >= 15 is 0 Å². The minimum Gasteiger partial charge on any atom is -0.493 e. The van der Waals surface area contributed by atoms with E-state index in [1.54, 1.807) is 31.6 Å². The van der Waals surface area contributed by atoms with E-state index in [0.717, 1.165) is 23.4 Å². The Morgan fingerprint density at radius 3 is 2.35 bits per heavy atom. The minimum atomic E-state index is -4.37. The molecular weight excluding hydrogens is 407 g/mol. The molecule has 0 aliphatic heterocycles. The molecule has 0 saturated heterocycles. The number of nitrogens with one attached hydrogen (secondary N) is 1. The number of rotatable bonds is 6. The van der Waals surface area contributed by atoms with Crippen LogP contribution in [-0.2, 0) is 12.8 Å². The zero-order valence-electron chi connectivity index (χ0n) is 16.5. The van der Waals surface area contributed by atoms with E-state index in [0.29, 0.717) is 35.2 Å². The number of alkyl halides is 3. The Labute approximate surface area is 176 Å². The fourth-order valence-electron chi connectivity index (χ4n) is 3.02. The smallest absolute Gasteiger partial charge is 0.416 e. The number of benzene rings is 2. The molecule has 1 N–H and O–H groups in total. The maximum absolute atomic E-state index is 12.8. The number of halogens is 3. The molecule has 0 fully saturated rings. The lowest BCUT2D eigenvalue weighted by atomic mass is 10.1. The van der Waals surface area contributed by atoms with Gasteiger partial charge < -0.3 is 14.5 Å². The SMILES string of the molecule is COc1cc(-c2cnc(-c3ccc(C(F)(F)F)cc3)[nH]2)ccc1OCc1ccccn1. The Bertz CT molecular complexity index is 1160. The third-order valence-corrected chi connectivity index (χ3v) is 4.64. The molecule has 8 heteroatoms. The van der Waals surface area contributed by atoms with Crippen molar-refractivity contribution in [3.05, 3.63) is 84.3 Å². The van der Waals surface area contributed by atoms with Crippen LogP contribution >= 0.6 is 0 Å². The molecule has 4 rings (SSSR count). The molecule has 0 amide bonds. The number of methoxy groups -OCH3 is 1. The number of hydrogen-bond acceptors (Lipinski definition) is 4. The van der Waals surface area contributed by atoms with Gasteiger partial charge in [-0.05, 0) is 42.5 Å². The molecule has 0 aliphatic carbocycles. The standard InChI is InChI=1S/C23H18F3N3O2/c1-30-21-12-16(7-10-20(21)31-14-18-4-2-3-11-27-18)19-13-28-22(29-19)15-5-8-17(9-6-15)23(24,25)26/h2-13H,14H2,1H3,(H,28,29). The number of imidazole rings is 1. The second-order valence-corrected chi connectivity index (χ2v) is 6.70. The Balaban J connectivity index is 1.53. The van der Waals surface area contributed by atoms with Crippen LogP contribution in [-0.4, -0.2) is 22.1 Å². The molecule has 4 aromatic rings. The predicted octanol–water partition coefficient (Wildman–Crippen LogP) is 5.75. The van der Waals surface area contributed by atoms with Crippen LogP contribution in [0.2, 0.25) is 0 Å². The summed E-state index contributed by atoms with van der Waals surface area (Å²) in [6.07, 6.45) is -1.05. The van der Waals surface area contributed by atoms with Crippen LogP contribution in [0.25, 0.3) is 22.6 Å². The summed E-state index contributed by atoms with van der Waals surface area (Å²) in [5.41, 5.74) is 2.15. The van der Waals surface area contributed by atoms with Gasteiger partial charge in [0, 0.05) is 17.3 Å². The molecule has 2 aromatic heterocycles. The number of nitrogens with zero attached hydrogens (tertiary/aromatic N) is 2. The summed E-state index contributed by atoms with van der Waals surface area (Å²) in [6.45, 7) is 0.304. The predicted molar refractivity (Wildman–Crippen MR) is 110 cm³/mol. The van der Waals surface area contributed by atoms with Gasteiger partial charge in [-0.15, -0.1) is 0 Å². The molecule has 0 aliphatic rings. The van der Waals surface area contributed by atoms with Crippen molar-refractivity contribution < 1.29 is 22.6 Å². The number of ether oxygens (including phenoxy) is 2. The van der Waals surface area contributed by atoms with E-state index in [1.807, 2.05) is 24.3 Å². The van der Waals surface area contributed by atoms with E-state index in [2.05, 4.69) is 15.0 Å². The molecule has 0 unspecified atom stereocenters. The van der Waals surface area contributed by atoms with Gasteiger partial charge in [-0.1, -0.05) is 18.2 Å². The van der Waals surface area contributed by atoms with Crippen LogP contribution < -0.4 is 9.47 Å². The normalized spacial score (nSPS) is 11.4. The van der Waals surface area contributed by atoms with Gasteiger partial charge in [-0.25, -0.2) is 4.98 Å². The van der Waals surface area contributed by atoms with Crippen LogP contribution in [0.15, 0.2) is 73.1 Å². The van der Waals surface area contributed by atoms with E-state index in [9.17, 15) is 13.2 Å². The molecule has 31 heavy (non-hydrogen) atoms. The Hall–Kier alpha value is -3.81. The lowest BCUT2D eigenvalue weighted by Gasteiger charge is -2.11. The first-order valence-corrected chi connectivity index (χ1v) is 9.38. The van der Waals surface area contributed by atoms with Gasteiger partial charge in [0.2, 0.25) is 0 Å². The summed E-state index contributed by atoms with van der Waals surface area (Å²) in [5, 5.41) is 0. The fourth-order valence-corrected chi connectivity index (χ4v) is 3.02. The molecule has 2 heterocycles. The van der Waals surface area contributed by atoms with Crippen molar-refractivity contribution in [2.24, 2.45) is 0 Å². The van der Waals surface area contributed by atoms with Gasteiger partial charge in [-0.3, -0.25) is 4.98 Å². The summed E-state index contributed by atoms with van der Waals surface area (Å²) in [4.78, 5) is 11.6. The van der Waals surface area contributed by atoms with E-state index < -0.39 is 11.7 Å². The maximum atomic E-state index is 12.8. The molecule has 0 saturated carbocycles. The highest BCUT2D eigenvalue weighted by atomic mass is 19.4. The number of hydrogen-bond donors (Lipinski definition) is 1. The summed E-state index contributed by atoms with van der Waals surface area (Å²) in [7, 11) is 1.55. The first-order valence-electron chi connectivity index (χ1n) is 9.38. The Morgan fingerprint density at radius 2 is 1.68 bits per heavy atom. The van der Waals surface area contributed by atoms with Crippen molar-refractivity contribution in [1.82, 2.24) is 15.0 Å². The van der Waals surface area contributed by atoms with Crippen molar-refractivity contribution >= 4 is 0 Å². The number of pyridine rings is 1. The van der Waals surface area contributed by atoms with E-state index in [1.165, 1.54) is 12.1 Å². The molecular formula is C23H18F3N3O2. The molecule has 158 valence electrons. The highest BCUT2D eigenvalue weighted by Gasteiger charge is 2.30. The van der Waals surface area contributed by atoms with Crippen molar-refractivity contribution in [3.8, 4) is 34.1 Å². The van der Waals surface area contributed by atoms with E-state index in [4.69, 9.17) is 9.47 Å². The molecule has 0 spiro atoms. The second-order valence-electron chi connectivity index (χ2n) is 6.70. The first-order chi connectivity index (χ1) is 14.9. The van der Waals surface area contributed by atoms with Crippen LogP contribution in [0, 0.1) is 0 Å². The van der Waals surface area contributed by atoms with Crippen LogP contribution in [0.4, 0.5) is 13.2 Å². The summed E-state index contributed by atoms with van der Waals surface area (Å²) in [6, 6.07) is 15.9. The van der Waals surface area contributed by atoms with Gasteiger partial charge in [0.05, 0.1) is 30.3 Å². The second kappa shape index (κ2) is 8.51. The first kappa shape index (κ1) is 20.5. The van der Waals surface area contributed by atoms with Gasteiger partial charge in [0.25, 0.3) is 0 Å². The number of aromatic amines is 1. The molecule has 5 nitrogen and oxygen atoms in total. The highest BCUT2D eigenvalue weighted by Crippen LogP contribution is 2.34. The Kier molecular flexibility index (Phi) is 5.62. The molecule has 0 atom stereocenters.